The first-order valence-electron chi connectivity index (χ1n) is 8.43. The topological polar surface area (TPSA) is 128 Å². The molecule has 0 radical (unpaired) electrons. The maximum absolute atomic E-state index is 12.2. The van der Waals surface area contributed by atoms with Crippen LogP contribution in [0, 0.1) is 0 Å². The minimum Gasteiger partial charge on any atom is -0.484 e. The summed E-state index contributed by atoms with van der Waals surface area (Å²) in [7, 11) is -3.63. The van der Waals surface area contributed by atoms with Gasteiger partial charge in [-0.15, -0.1) is 0 Å². The minimum atomic E-state index is -3.63. The Bertz CT molecular complexity index is 947. The molecule has 2 amide bonds. The van der Waals surface area contributed by atoms with Crippen molar-refractivity contribution in [1.29, 1.82) is 0 Å². The van der Waals surface area contributed by atoms with Crippen LogP contribution in [0.15, 0.2) is 53.4 Å². The number of hydrogen-bond donors (Lipinski definition) is 3. The molecule has 0 heterocycles. The van der Waals surface area contributed by atoms with Gasteiger partial charge in [-0.2, -0.15) is 0 Å². The summed E-state index contributed by atoms with van der Waals surface area (Å²) in [6, 6.07) is 11.9. The third kappa shape index (κ3) is 6.36. The second-order valence-corrected chi connectivity index (χ2v) is 8.79. The van der Waals surface area contributed by atoms with Gasteiger partial charge in [-0.3, -0.25) is 9.59 Å². The van der Waals surface area contributed by atoms with Gasteiger partial charge in [0.15, 0.2) is 6.61 Å². The summed E-state index contributed by atoms with van der Waals surface area (Å²) in [6.07, 6.45) is 0. The fourth-order valence-corrected chi connectivity index (χ4v) is 3.66. The molecule has 0 aliphatic carbocycles. The maximum atomic E-state index is 12.2. The van der Waals surface area contributed by atoms with Crippen molar-refractivity contribution in [3.05, 3.63) is 54.1 Å². The lowest BCUT2D eigenvalue weighted by Gasteiger charge is -2.20. The zero-order valence-corrected chi connectivity index (χ0v) is 16.7. The highest BCUT2D eigenvalue weighted by atomic mass is 32.2. The lowest BCUT2D eigenvalue weighted by molar-refractivity contribution is -0.118. The van der Waals surface area contributed by atoms with Crippen LogP contribution in [0.1, 0.15) is 31.1 Å². The van der Waals surface area contributed by atoms with E-state index in [1.165, 1.54) is 36.4 Å². The van der Waals surface area contributed by atoms with Crippen molar-refractivity contribution in [3.8, 4) is 5.75 Å². The zero-order valence-electron chi connectivity index (χ0n) is 15.9. The monoisotopic (exact) mass is 405 g/mol. The summed E-state index contributed by atoms with van der Waals surface area (Å²) in [5.41, 5.74) is 5.39. The van der Waals surface area contributed by atoms with E-state index in [9.17, 15) is 18.0 Å². The summed E-state index contributed by atoms with van der Waals surface area (Å²) < 4.78 is 32.4. The molecule has 0 spiro atoms. The molecule has 2 rings (SSSR count). The second-order valence-electron chi connectivity index (χ2n) is 7.11. The largest absolute Gasteiger partial charge is 0.484 e. The molecule has 0 saturated carbocycles. The molecule has 0 aliphatic rings. The second kappa shape index (κ2) is 8.41. The Kier molecular flexibility index (Phi) is 6.42. The zero-order chi connectivity index (χ0) is 20.9. The molecule has 0 aromatic heterocycles. The summed E-state index contributed by atoms with van der Waals surface area (Å²) in [5.74, 6) is -0.601. The van der Waals surface area contributed by atoms with Crippen LogP contribution >= 0.6 is 0 Å². The lowest BCUT2D eigenvalue weighted by atomic mass is 10.1. The molecule has 0 unspecified atom stereocenters. The van der Waals surface area contributed by atoms with Crippen LogP contribution in [0.4, 0.5) is 5.69 Å². The molecule has 0 saturated heterocycles. The van der Waals surface area contributed by atoms with Crippen molar-refractivity contribution in [1.82, 2.24) is 4.72 Å². The molecule has 4 N–H and O–H groups in total. The van der Waals surface area contributed by atoms with Gasteiger partial charge in [0.05, 0.1) is 4.90 Å². The predicted octanol–water partition coefficient (Wildman–Crippen LogP) is 1.88. The van der Waals surface area contributed by atoms with E-state index in [4.69, 9.17) is 10.5 Å². The number of primary amides is 1. The molecule has 9 heteroatoms. The van der Waals surface area contributed by atoms with E-state index in [-0.39, 0.29) is 11.5 Å². The van der Waals surface area contributed by atoms with Crippen LogP contribution in [0.2, 0.25) is 0 Å². The number of sulfonamides is 1. The third-order valence-electron chi connectivity index (χ3n) is 3.40. The lowest BCUT2D eigenvalue weighted by Crippen LogP contribution is -2.40. The molecule has 150 valence electrons. The van der Waals surface area contributed by atoms with Crippen LogP contribution in [-0.4, -0.2) is 32.4 Å². The van der Waals surface area contributed by atoms with E-state index in [1.807, 2.05) is 0 Å². The highest BCUT2D eigenvalue weighted by Crippen LogP contribution is 2.18. The Morgan fingerprint density at radius 3 is 2.07 bits per heavy atom. The minimum absolute atomic E-state index is 0.105. The molecule has 0 bridgehead atoms. The van der Waals surface area contributed by atoms with Gasteiger partial charge in [-0.05, 0) is 69.3 Å². The van der Waals surface area contributed by atoms with Gasteiger partial charge in [0.25, 0.3) is 5.91 Å². The van der Waals surface area contributed by atoms with Gasteiger partial charge >= 0.3 is 0 Å². The Labute approximate surface area is 164 Å². The summed E-state index contributed by atoms with van der Waals surface area (Å²) in [6.45, 7) is 5.00. The van der Waals surface area contributed by atoms with Crippen molar-refractivity contribution >= 4 is 27.5 Å². The van der Waals surface area contributed by atoms with Crippen molar-refractivity contribution in [2.75, 3.05) is 11.9 Å². The number of carbonyl (C=O) groups excluding carboxylic acids is 2. The highest BCUT2D eigenvalue weighted by molar-refractivity contribution is 7.89. The molecule has 8 nitrogen and oxygen atoms in total. The first-order valence-corrected chi connectivity index (χ1v) is 9.91. The van der Waals surface area contributed by atoms with Crippen LogP contribution in [0.3, 0.4) is 0 Å². The van der Waals surface area contributed by atoms with Crippen molar-refractivity contribution in [3.63, 3.8) is 0 Å². The van der Waals surface area contributed by atoms with Gasteiger partial charge in [-0.25, -0.2) is 13.1 Å². The fourth-order valence-electron chi connectivity index (χ4n) is 2.24. The molecular formula is C19H23N3O5S. The number of nitrogens with two attached hydrogens (primary N) is 1. The van der Waals surface area contributed by atoms with Gasteiger partial charge in [0, 0.05) is 16.8 Å². The SMILES string of the molecule is CC(C)(C)NS(=O)(=O)c1ccc(OCC(=O)Nc2ccc(C(N)=O)cc2)cc1. The molecule has 28 heavy (non-hydrogen) atoms. The van der Waals surface area contributed by atoms with Crippen molar-refractivity contribution < 1.29 is 22.7 Å². The van der Waals surface area contributed by atoms with Gasteiger partial charge in [0.1, 0.15) is 5.75 Å². The van der Waals surface area contributed by atoms with Gasteiger partial charge in [-0.1, -0.05) is 0 Å². The van der Waals surface area contributed by atoms with Gasteiger partial charge < -0.3 is 15.8 Å². The maximum Gasteiger partial charge on any atom is 0.262 e. The number of rotatable bonds is 7. The number of carbonyl (C=O) groups is 2. The number of ether oxygens (including phenoxy) is 1. The van der Waals surface area contributed by atoms with Crippen molar-refractivity contribution in [2.24, 2.45) is 5.73 Å². The molecule has 0 atom stereocenters. The molecular weight excluding hydrogens is 382 g/mol. The predicted molar refractivity (Wildman–Crippen MR) is 106 cm³/mol. The van der Waals surface area contributed by atoms with Crippen LogP contribution < -0.4 is 20.5 Å². The summed E-state index contributed by atoms with van der Waals surface area (Å²) >= 11 is 0. The Morgan fingerprint density at radius 1 is 1.00 bits per heavy atom. The summed E-state index contributed by atoms with van der Waals surface area (Å²) in [5, 5.41) is 2.62. The average Bonchev–Trinajstić information content (AvgIpc) is 2.59. The summed E-state index contributed by atoms with van der Waals surface area (Å²) in [4.78, 5) is 23.1. The fraction of sp³-hybridized carbons (Fsp3) is 0.263. The van der Waals surface area contributed by atoms with E-state index in [0.717, 1.165) is 0 Å². The first-order chi connectivity index (χ1) is 13.0. The van der Waals surface area contributed by atoms with Crippen LogP contribution in [-0.2, 0) is 14.8 Å². The van der Waals surface area contributed by atoms with E-state index in [1.54, 1.807) is 32.9 Å². The molecule has 2 aromatic carbocycles. The number of nitrogens with one attached hydrogen (secondary N) is 2. The molecule has 2 aromatic rings. The number of hydrogen-bond acceptors (Lipinski definition) is 5. The Morgan fingerprint density at radius 2 is 1.57 bits per heavy atom. The van der Waals surface area contributed by atoms with Gasteiger partial charge in [0.2, 0.25) is 15.9 Å². The van der Waals surface area contributed by atoms with Crippen LogP contribution in [0.5, 0.6) is 5.75 Å². The number of benzene rings is 2. The number of anilines is 1. The van der Waals surface area contributed by atoms with Crippen LogP contribution in [0.25, 0.3) is 0 Å². The third-order valence-corrected chi connectivity index (χ3v) is 5.17. The standard InChI is InChI=1S/C19H23N3O5S/c1-19(2,3)22-28(25,26)16-10-8-15(9-11-16)27-12-17(23)21-14-6-4-13(5-7-14)18(20)24/h4-11,22H,12H2,1-3H3,(H2,20,24)(H,21,23). The van der Waals surface area contributed by atoms with E-state index in [2.05, 4.69) is 10.0 Å². The molecule has 0 fully saturated rings. The highest BCUT2D eigenvalue weighted by Gasteiger charge is 2.21. The average molecular weight is 405 g/mol. The quantitative estimate of drug-likeness (QED) is 0.648. The van der Waals surface area contributed by atoms with E-state index < -0.39 is 27.4 Å². The van der Waals surface area contributed by atoms with E-state index >= 15 is 0 Å². The smallest absolute Gasteiger partial charge is 0.262 e. The van der Waals surface area contributed by atoms with E-state index in [0.29, 0.717) is 17.0 Å². The number of amides is 2. The molecule has 0 aliphatic heterocycles. The normalized spacial score (nSPS) is 11.7. The van der Waals surface area contributed by atoms with Crippen molar-refractivity contribution in [2.45, 2.75) is 31.2 Å². The Balaban J connectivity index is 1.92. The first kappa shape index (κ1) is 21.4. The Hall–Kier alpha value is -2.91.